The summed E-state index contributed by atoms with van der Waals surface area (Å²) >= 11 is 0. The number of aliphatic hydroxyl groups is 1. The summed E-state index contributed by atoms with van der Waals surface area (Å²) < 4.78 is 45.4. The molecule has 1 aliphatic rings. The van der Waals surface area contributed by atoms with Gasteiger partial charge >= 0.3 is 6.18 Å². The number of nitrogens with one attached hydrogen (secondary N) is 1. The second-order valence-corrected chi connectivity index (χ2v) is 7.38. The Morgan fingerprint density at radius 2 is 1.93 bits per heavy atom. The molecule has 1 fully saturated rings. The van der Waals surface area contributed by atoms with Gasteiger partial charge in [0.2, 0.25) is 0 Å². The van der Waals surface area contributed by atoms with E-state index in [0.717, 1.165) is 12.1 Å². The van der Waals surface area contributed by atoms with Gasteiger partial charge in [-0.3, -0.25) is 4.79 Å². The molecule has 9 heteroatoms. The third kappa shape index (κ3) is 3.90. The highest BCUT2D eigenvalue weighted by Gasteiger charge is 2.30. The second-order valence-electron chi connectivity index (χ2n) is 7.38. The van der Waals surface area contributed by atoms with Gasteiger partial charge in [0.25, 0.3) is 5.56 Å². The Morgan fingerprint density at radius 3 is 2.60 bits per heavy atom. The molecule has 3 heterocycles. The van der Waals surface area contributed by atoms with E-state index in [0.29, 0.717) is 40.7 Å². The number of fused-ring (bicyclic) bond motifs is 1. The van der Waals surface area contributed by atoms with Gasteiger partial charge in [0, 0.05) is 30.4 Å². The lowest BCUT2D eigenvalue weighted by Gasteiger charge is -2.27. The largest absolute Gasteiger partial charge is 0.416 e. The van der Waals surface area contributed by atoms with Crippen LogP contribution in [0.25, 0.3) is 21.9 Å². The van der Waals surface area contributed by atoms with Crippen LogP contribution >= 0.6 is 0 Å². The topological polar surface area (TPSA) is 76.4 Å². The van der Waals surface area contributed by atoms with Crippen LogP contribution in [0.5, 0.6) is 0 Å². The highest BCUT2D eigenvalue weighted by Crippen LogP contribution is 2.34. The first-order chi connectivity index (χ1) is 14.2. The molecule has 30 heavy (non-hydrogen) atoms. The van der Waals surface area contributed by atoms with Crippen molar-refractivity contribution in [2.24, 2.45) is 7.05 Å². The van der Waals surface area contributed by atoms with E-state index in [1.165, 1.54) is 22.9 Å². The number of anilines is 1. The number of benzene rings is 1. The average molecular weight is 419 g/mol. The summed E-state index contributed by atoms with van der Waals surface area (Å²) in [6, 6.07) is 6.28. The number of rotatable bonds is 3. The number of ether oxygens (including phenoxy) is 1. The quantitative estimate of drug-likeness (QED) is 0.682. The van der Waals surface area contributed by atoms with Gasteiger partial charge < -0.3 is 19.7 Å². The maximum atomic E-state index is 12.9. The van der Waals surface area contributed by atoms with E-state index in [1.807, 2.05) is 0 Å². The number of hydrogen-bond donors (Lipinski definition) is 2. The van der Waals surface area contributed by atoms with E-state index in [9.17, 15) is 23.1 Å². The lowest BCUT2D eigenvalue weighted by molar-refractivity contribution is -0.137. The van der Waals surface area contributed by atoms with Crippen LogP contribution in [0.2, 0.25) is 0 Å². The van der Waals surface area contributed by atoms with Crippen LogP contribution in [0, 0.1) is 0 Å². The van der Waals surface area contributed by atoms with E-state index in [2.05, 4.69) is 10.3 Å². The third-order valence-corrected chi connectivity index (χ3v) is 5.17. The van der Waals surface area contributed by atoms with Crippen molar-refractivity contribution in [3.8, 4) is 11.1 Å². The summed E-state index contributed by atoms with van der Waals surface area (Å²) in [5, 5.41) is 13.9. The molecule has 0 radical (unpaired) electrons. The molecule has 1 aliphatic heterocycles. The fourth-order valence-electron chi connectivity index (χ4n) is 3.63. The zero-order valence-corrected chi connectivity index (χ0v) is 16.1. The number of nitrogens with zero attached hydrogens (tertiary/aromatic N) is 2. The molecule has 1 saturated heterocycles. The maximum absolute atomic E-state index is 12.9. The minimum absolute atomic E-state index is 0.216. The minimum atomic E-state index is -4.42. The van der Waals surface area contributed by atoms with Crippen molar-refractivity contribution in [1.29, 1.82) is 0 Å². The Kier molecular flexibility index (Phi) is 5.25. The zero-order valence-electron chi connectivity index (χ0n) is 16.1. The Morgan fingerprint density at radius 1 is 1.20 bits per heavy atom. The van der Waals surface area contributed by atoms with Crippen molar-refractivity contribution in [1.82, 2.24) is 9.55 Å². The molecule has 6 nitrogen and oxygen atoms in total. The number of alkyl halides is 3. The van der Waals surface area contributed by atoms with Crippen molar-refractivity contribution in [2.45, 2.75) is 24.7 Å². The highest BCUT2D eigenvalue weighted by molar-refractivity contribution is 6.01. The third-order valence-electron chi connectivity index (χ3n) is 5.17. The summed E-state index contributed by atoms with van der Waals surface area (Å²) in [6.45, 7) is 0.634. The SMILES string of the molecule is Cn1ccc2c(-c3ccc(C(F)(F)F)cc3)cnc(NC3COCC(O)C3)c2c1=O. The lowest BCUT2D eigenvalue weighted by atomic mass is 10.00. The van der Waals surface area contributed by atoms with E-state index in [4.69, 9.17) is 4.74 Å². The normalized spacial score (nSPS) is 19.8. The van der Waals surface area contributed by atoms with Crippen molar-refractivity contribution < 1.29 is 23.0 Å². The predicted octanol–water partition coefficient (Wildman–Crippen LogP) is 3.18. The highest BCUT2D eigenvalue weighted by atomic mass is 19.4. The molecule has 2 atom stereocenters. The van der Waals surface area contributed by atoms with Crippen LogP contribution in [0.15, 0.2) is 47.5 Å². The number of halogens is 3. The first-order valence-corrected chi connectivity index (χ1v) is 9.42. The molecular weight excluding hydrogens is 399 g/mol. The Labute approximate surface area is 169 Å². The van der Waals surface area contributed by atoms with Crippen LogP contribution in [0.4, 0.5) is 19.0 Å². The summed E-state index contributed by atoms with van der Waals surface area (Å²) in [5.41, 5.74) is 0.0562. The molecule has 2 aromatic heterocycles. The van der Waals surface area contributed by atoms with Gasteiger partial charge in [-0.15, -0.1) is 0 Å². The van der Waals surface area contributed by atoms with Crippen molar-refractivity contribution >= 4 is 16.6 Å². The predicted molar refractivity (Wildman–Crippen MR) is 106 cm³/mol. The first-order valence-electron chi connectivity index (χ1n) is 9.42. The molecule has 0 spiro atoms. The van der Waals surface area contributed by atoms with Crippen molar-refractivity contribution in [2.75, 3.05) is 18.5 Å². The Bertz CT molecular complexity index is 1130. The van der Waals surface area contributed by atoms with E-state index >= 15 is 0 Å². The molecular formula is C21H20F3N3O3. The Hall–Kier alpha value is -2.91. The van der Waals surface area contributed by atoms with Crippen LogP contribution in [-0.2, 0) is 18.0 Å². The number of aryl methyl sites for hydroxylation is 1. The van der Waals surface area contributed by atoms with Gasteiger partial charge in [0.05, 0.1) is 36.3 Å². The molecule has 2 unspecified atom stereocenters. The van der Waals surface area contributed by atoms with Crippen LogP contribution in [-0.4, -0.2) is 40.0 Å². The van der Waals surface area contributed by atoms with Crippen molar-refractivity contribution in [3.05, 3.63) is 58.6 Å². The smallest absolute Gasteiger partial charge is 0.391 e. The van der Waals surface area contributed by atoms with Gasteiger partial charge in [-0.1, -0.05) is 12.1 Å². The summed E-state index contributed by atoms with van der Waals surface area (Å²) in [7, 11) is 1.61. The fraction of sp³-hybridized carbons (Fsp3) is 0.333. The van der Waals surface area contributed by atoms with Gasteiger partial charge in [0.1, 0.15) is 5.82 Å². The van der Waals surface area contributed by atoms with Crippen LogP contribution in [0.3, 0.4) is 0 Å². The van der Waals surface area contributed by atoms with Crippen LogP contribution < -0.4 is 10.9 Å². The van der Waals surface area contributed by atoms with E-state index < -0.39 is 17.8 Å². The molecule has 1 aromatic carbocycles. The molecule has 0 amide bonds. The summed E-state index contributed by atoms with van der Waals surface area (Å²) in [4.78, 5) is 17.3. The van der Waals surface area contributed by atoms with Gasteiger partial charge in [-0.05, 0) is 30.2 Å². The lowest BCUT2D eigenvalue weighted by Crippen LogP contribution is -2.38. The summed E-state index contributed by atoms with van der Waals surface area (Å²) in [6.07, 6.45) is -1.43. The number of pyridine rings is 2. The molecule has 158 valence electrons. The number of aliphatic hydroxyl groups excluding tert-OH is 1. The van der Waals surface area contributed by atoms with Gasteiger partial charge in [-0.2, -0.15) is 13.2 Å². The Balaban J connectivity index is 1.80. The second kappa shape index (κ2) is 7.73. The van der Waals surface area contributed by atoms with E-state index in [-0.39, 0.29) is 18.2 Å². The van der Waals surface area contributed by atoms with Gasteiger partial charge in [0.15, 0.2) is 0 Å². The van der Waals surface area contributed by atoms with Crippen LogP contribution in [0.1, 0.15) is 12.0 Å². The number of hydrogen-bond acceptors (Lipinski definition) is 5. The molecule has 4 rings (SSSR count). The summed E-state index contributed by atoms with van der Waals surface area (Å²) in [5.74, 6) is 0.351. The number of aromatic nitrogens is 2. The molecule has 0 saturated carbocycles. The molecule has 0 bridgehead atoms. The maximum Gasteiger partial charge on any atom is 0.416 e. The fourth-order valence-corrected chi connectivity index (χ4v) is 3.63. The monoisotopic (exact) mass is 419 g/mol. The average Bonchev–Trinajstić information content (AvgIpc) is 2.70. The molecule has 3 aromatic rings. The minimum Gasteiger partial charge on any atom is -0.391 e. The molecule has 0 aliphatic carbocycles. The zero-order chi connectivity index (χ0) is 21.5. The van der Waals surface area contributed by atoms with Gasteiger partial charge in [-0.25, -0.2) is 4.98 Å². The van der Waals surface area contributed by atoms with Crippen molar-refractivity contribution in [3.63, 3.8) is 0 Å². The molecule has 2 N–H and O–H groups in total. The standard InChI is InChI=1S/C21H20F3N3O3/c1-27-7-6-16-17(12-2-4-13(5-3-12)21(22,23)24)9-25-19(18(16)20(27)29)26-14-8-15(28)11-30-10-14/h2-7,9,14-15,28H,8,10-11H2,1H3,(H,25,26). The first kappa shape index (κ1) is 20.4. The van der Waals surface area contributed by atoms with E-state index in [1.54, 1.807) is 19.3 Å².